The molecule has 0 amide bonds. The van der Waals surface area contributed by atoms with Crippen LogP contribution in [0.1, 0.15) is 6.42 Å². The lowest BCUT2D eigenvalue weighted by Crippen LogP contribution is -2.27. The second kappa shape index (κ2) is 4.04. The molecule has 2 unspecified atom stereocenters. The molecule has 6 nitrogen and oxygen atoms in total. The van der Waals surface area contributed by atoms with Crippen LogP contribution in [0, 0.1) is 0 Å². The fraction of sp³-hybridized carbons (Fsp3) is 0.500. The molecule has 0 radical (unpaired) electrons. The summed E-state index contributed by atoms with van der Waals surface area (Å²) in [5.41, 5.74) is 0. The lowest BCUT2D eigenvalue weighted by Gasteiger charge is -2.02. The number of aliphatic carboxylic acids is 2. The summed E-state index contributed by atoms with van der Waals surface area (Å²) in [7, 11) is 0. The Morgan fingerprint density at radius 2 is 1.82 bits per heavy atom. The molecule has 7 heteroatoms. The third-order valence-electron chi connectivity index (χ3n) is 0.879. The van der Waals surface area contributed by atoms with Crippen LogP contribution in [0.15, 0.2) is 0 Å². The van der Waals surface area contributed by atoms with Crippen molar-refractivity contribution in [2.45, 2.75) is 11.7 Å². The van der Waals surface area contributed by atoms with Crippen molar-refractivity contribution in [3.63, 3.8) is 0 Å². The first kappa shape index (κ1) is 10.0. The average molecular weight is 182 g/mol. The van der Waals surface area contributed by atoms with Crippen molar-refractivity contribution in [1.29, 1.82) is 0 Å². The van der Waals surface area contributed by atoms with Gasteiger partial charge in [-0.05, 0) is 0 Å². The second-order valence-corrected chi connectivity index (χ2v) is 2.82. The van der Waals surface area contributed by atoms with E-state index in [-0.39, 0.29) is 0 Å². The zero-order valence-corrected chi connectivity index (χ0v) is 6.08. The number of carboxylic acids is 2. The zero-order valence-electron chi connectivity index (χ0n) is 5.26. The van der Waals surface area contributed by atoms with Crippen LogP contribution in [0.25, 0.3) is 0 Å². The monoisotopic (exact) mass is 182 g/mol. The molecule has 0 heterocycles. The third-order valence-corrected chi connectivity index (χ3v) is 1.73. The average Bonchev–Trinajstić information content (AvgIpc) is 1.81. The van der Waals surface area contributed by atoms with Crippen molar-refractivity contribution < 1.29 is 28.6 Å². The highest BCUT2D eigenvalue weighted by molar-refractivity contribution is 7.80. The molecule has 0 saturated carbocycles. The van der Waals surface area contributed by atoms with Gasteiger partial charge in [0.05, 0.1) is 6.42 Å². The molecule has 0 saturated heterocycles. The molecular weight excluding hydrogens is 176 g/mol. The maximum atomic E-state index is 10.1. The highest BCUT2D eigenvalue weighted by Gasteiger charge is 2.26. The molecule has 3 N–H and O–H groups in total. The van der Waals surface area contributed by atoms with E-state index in [1.165, 1.54) is 0 Å². The van der Waals surface area contributed by atoms with Gasteiger partial charge in [0.15, 0.2) is 16.3 Å². The summed E-state index contributed by atoms with van der Waals surface area (Å²) in [5, 5.41) is 14.5. The first-order valence-corrected chi connectivity index (χ1v) is 3.66. The molecule has 0 bridgehead atoms. The summed E-state index contributed by atoms with van der Waals surface area (Å²) >= 11 is -2.63. The molecule has 0 spiro atoms. The summed E-state index contributed by atoms with van der Waals surface area (Å²) in [6.07, 6.45) is -0.849. The van der Waals surface area contributed by atoms with Crippen molar-refractivity contribution in [2.24, 2.45) is 0 Å². The van der Waals surface area contributed by atoms with E-state index < -0.39 is 34.7 Å². The summed E-state index contributed by atoms with van der Waals surface area (Å²) in [6.45, 7) is 0. The lowest BCUT2D eigenvalue weighted by molar-refractivity contribution is -0.143. The number of hydrogen-bond acceptors (Lipinski definition) is 3. The molecule has 0 aliphatic carbocycles. The molecule has 0 fully saturated rings. The minimum absolute atomic E-state index is 0.849. The number of carbonyl (C=O) groups is 2. The largest absolute Gasteiger partial charge is 0.481 e. The van der Waals surface area contributed by atoms with Gasteiger partial charge in [-0.3, -0.25) is 9.59 Å². The van der Waals surface area contributed by atoms with E-state index >= 15 is 0 Å². The van der Waals surface area contributed by atoms with Crippen LogP contribution in [0.4, 0.5) is 0 Å². The zero-order chi connectivity index (χ0) is 9.02. The van der Waals surface area contributed by atoms with Crippen LogP contribution in [-0.4, -0.2) is 36.2 Å². The van der Waals surface area contributed by atoms with Crippen molar-refractivity contribution >= 4 is 23.0 Å². The number of carboxylic acid groups (broad SMARTS) is 2. The lowest BCUT2D eigenvalue weighted by atomic mass is 10.3. The highest BCUT2D eigenvalue weighted by Crippen LogP contribution is 1.99. The van der Waals surface area contributed by atoms with Gasteiger partial charge in [-0.1, -0.05) is 0 Å². The highest BCUT2D eigenvalue weighted by atomic mass is 32.2. The molecule has 2 atom stereocenters. The quantitative estimate of drug-likeness (QED) is 0.487. The van der Waals surface area contributed by atoms with Gasteiger partial charge in [-0.2, -0.15) is 0 Å². The SMILES string of the molecule is O=C(O)CC(C(=O)O)S(=O)O. The van der Waals surface area contributed by atoms with Crippen molar-refractivity contribution in [2.75, 3.05) is 0 Å². The Kier molecular flexibility index (Phi) is 3.69. The van der Waals surface area contributed by atoms with Crippen molar-refractivity contribution in [1.82, 2.24) is 0 Å². The molecular formula is C4H6O6S. The van der Waals surface area contributed by atoms with Gasteiger partial charge in [0.25, 0.3) is 0 Å². The summed E-state index contributed by atoms with van der Waals surface area (Å²) in [6, 6.07) is 0. The van der Waals surface area contributed by atoms with Crippen LogP contribution in [0.5, 0.6) is 0 Å². The molecule has 0 aliphatic rings. The van der Waals surface area contributed by atoms with E-state index in [1.54, 1.807) is 0 Å². The standard InChI is InChI=1S/C4H6O6S/c5-3(6)1-2(4(7)8)11(9)10/h2H,1H2,(H,5,6)(H,7,8)(H,9,10). The Balaban J connectivity index is 4.23. The van der Waals surface area contributed by atoms with Gasteiger partial charge in [0.2, 0.25) is 0 Å². The summed E-state index contributed by atoms with van der Waals surface area (Å²) in [5.74, 6) is -3.01. The first-order valence-electron chi connectivity index (χ1n) is 2.49. The molecule has 0 aliphatic heterocycles. The maximum Gasteiger partial charge on any atom is 0.322 e. The van der Waals surface area contributed by atoms with Gasteiger partial charge in [0.1, 0.15) is 0 Å². The van der Waals surface area contributed by atoms with Crippen LogP contribution in [-0.2, 0) is 20.7 Å². The number of hydrogen-bond donors (Lipinski definition) is 3. The predicted octanol–water partition coefficient (Wildman–Crippen LogP) is -0.864. The van der Waals surface area contributed by atoms with Crippen molar-refractivity contribution in [3.8, 4) is 0 Å². The fourth-order valence-corrected chi connectivity index (χ4v) is 0.861. The smallest absolute Gasteiger partial charge is 0.322 e. The minimum Gasteiger partial charge on any atom is -0.481 e. The van der Waals surface area contributed by atoms with E-state index in [4.69, 9.17) is 14.8 Å². The first-order chi connectivity index (χ1) is 4.95. The van der Waals surface area contributed by atoms with E-state index in [0.717, 1.165) is 0 Å². The van der Waals surface area contributed by atoms with Gasteiger partial charge >= 0.3 is 11.9 Å². The molecule has 0 aromatic rings. The van der Waals surface area contributed by atoms with E-state index in [9.17, 15) is 13.8 Å². The predicted molar refractivity (Wildman–Crippen MR) is 34.4 cm³/mol. The topological polar surface area (TPSA) is 112 Å². The van der Waals surface area contributed by atoms with Crippen LogP contribution in [0.2, 0.25) is 0 Å². The minimum atomic E-state index is -2.63. The van der Waals surface area contributed by atoms with Gasteiger partial charge in [-0.15, -0.1) is 0 Å². The molecule has 0 aromatic heterocycles. The Labute approximate surface area is 64.1 Å². The Bertz CT molecular complexity index is 185. The molecule has 0 aromatic carbocycles. The fourth-order valence-electron chi connectivity index (χ4n) is 0.403. The summed E-state index contributed by atoms with van der Waals surface area (Å²) < 4.78 is 18.4. The van der Waals surface area contributed by atoms with Gasteiger partial charge in [0, 0.05) is 0 Å². The normalized spacial score (nSPS) is 15.4. The maximum absolute atomic E-state index is 10.1. The third kappa shape index (κ3) is 3.68. The van der Waals surface area contributed by atoms with Gasteiger partial charge in [-0.25, -0.2) is 4.21 Å². The molecule has 11 heavy (non-hydrogen) atoms. The van der Waals surface area contributed by atoms with Crippen LogP contribution < -0.4 is 0 Å². The Morgan fingerprint density at radius 1 is 1.36 bits per heavy atom. The van der Waals surface area contributed by atoms with Crippen LogP contribution >= 0.6 is 0 Å². The van der Waals surface area contributed by atoms with Crippen molar-refractivity contribution in [3.05, 3.63) is 0 Å². The molecule has 0 rings (SSSR count). The van der Waals surface area contributed by atoms with Crippen LogP contribution in [0.3, 0.4) is 0 Å². The van der Waals surface area contributed by atoms with E-state index in [1.807, 2.05) is 0 Å². The van der Waals surface area contributed by atoms with Gasteiger partial charge < -0.3 is 14.8 Å². The van der Waals surface area contributed by atoms with E-state index in [2.05, 4.69) is 0 Å². The number of rotatable bonds is 4. The molecule has 64 valence electrons. The second-order valence-electron chi connectivity index (χ2n) is 1.70. The summed E-state index contributed by atoms with van der Waals surface area (Å²) in [4.78, 5) is 20.0. The Hall–Kier alpha value is -0.950. The Morgan fingerprint density at radius 3 is 1.91 bits per heavy atom. The van der Waals surface area contributed by atoms with E-state index in [0.29, 0.717) is 0 Å².